The summed E-state index contributed by atoms with van der Waals surface area (Å²) in [4.78, 5) is 9.46. The van der Waals surface area contributed by atoms with Crippen molar-refractivity contribution in [3.8, 4) is 10.7 Å². The summed E-state index contributed by atoms with van der Waals surface area (Å²) in [5.41, 5.74) is 6.14. The molecule has 0 amide bonds. The predicted molar refractivity (Wildman–Crippen MR) is 87.7 cm³/mol. The van der Waals surface area contributed by atoms with Crippen LogP contribution in [0.3, 0.4) is 0 Å². The van der Waals surface area contributed by atoms with Crippen molar-refractivity contribution < 1.29 is 0 Å². The Balaban J connectivity index is 1.71. The summed E-state index contributed by atoms with van der Waals surface area (Å²) < 4.78 is 0. The molecule has 114 valence electrons. The molecule has 2 aromatic rings. The quantitative estimate of drug-likeness (QED) is 0.911. The maximum absolute atomic E-state index is 5.86. The van der Waals surface area contributed by atoms with E-state index in [9.17, 15) is 0 Å². The van der Waals surface area contributed by atoms with Crippen LogP contribution in [0.5, 0.6) is 0 Å². The number of aryl methyl sites for hydroxylation is 1. The second kappa shape index (κ2) is 5.77. The van der Waals surface area contributed by atoms with Gasteiger partial charge in [0.2, 0.25) is 5.95 Å². The number of nitrogens with zero attached hydrogens (tertiary/aromatic N) is 3. The van der Waals surface area contributed by atoms with E-state index in [4.69, 9.17) is 5.73 Å². The van der Waals surface area contributed by atoms with Gasteiger partial charge >= 0.3 is 0 Å². The number of nitrogens with two attached hydrogens (primary N) is 1. The minimum Gasteiger partial charge on any atom is -0.339 e. The molecule has 0 saturated carbocycles. The third kappa shape index (κ3) is 2.96. The van der Waals surface area contributed by atoms with Crippen molar-refractivity contribution in [1.82, 2.24) is 15.2 Å². The van der Waals surface area contributed by atoms with E-state index < -0.39 is 0 Å². The minimum atomic E-state index is 0.277. The molecule has 1 saturated heterocycles. The summed E-state index contributed by atoms with van der Waals surface area (Å²) >= 11 is 1.78. The average molecular weight is 305 g/mol. The number of nitrogens with one attached hydrogen (secondary N) is 1. The zero-order valence-corrected chi connectivity index (χ0v) is 13.5. The van der Waals surface area contributed by atoms with E-state index in [1.807, 2.05) is 0 Å². The second-order valence-electron chi connectivity index (χ2n) is 6.11. The largest absolute Gasteiger partial charge is 0.339 e. The number of hydrogen-bond acceptors (Lipinski definition) is 5. The number of H-pyrrole nitrogens is 1. The predicted octanol–water partition coefficient (Wildman–Crippen LogP) is 2.66. The molecule has 0 atom stereocenters. The van der Waals surface area contributed by atoms with Gasteiger partial charge in [-0.2, -0.15) is 4.98 Å². The van der Waals surface area contributed by atoms with Crippen molar-refractivity contribution in [3.63, 3.8) is 0 Å². The summed E-state index contributed by atoms with van der Waals surface area (Å²) in [6.07, 6.45) is 3.27. The third-order valence-electron chi connectivity index (χ3n) is 4.46. The van der Waals surface area contributed by atoms with Crippen LogP contribution in [-0.4, -0.2) is 34.8 Å². The Labute approximate surface area is 129 Å². The first-order valence-electron chi connectivity index (χ1n) is 7.60. The van der Waals surface area contributed by atoms with Gasteiger partial charge in [-0.05, 0) is 43.4 Å². The first kappa shape index (κ1) is 14.5. The maximum Gasteiger partial charge on any atom is 0.245 e. The van der Waals surface area contributed by atoms with Crippen LogP contribution < -0.4 is 10.6 Å². The molecule has 3 heterocycles. The topological polar surface area (TPSA) is 70.8 Å². The van der Waals surface area contributed by atoms with Crippen LogP contribution in [0.1, 0.15) is 31.6 Å². The highest BCUT2D eigenvalue weighted by atomic mass is 32.1. The normalized spacial score (nSPS) is 18.1. The molecule has 1 fully saturated rings. The van der Waals surface area contributed by atoms with Gasteiger partial charge < -0.3 is 10.6 Å². The van der Waals surface area contributed by atoms with Gasteiger partial charge in [0.15, 0.2) is 5.82 Å². The van der Waals surface area contributed by atoms with Gasteiger partial charge in [0.05, 0.1) is 4.88 Å². The van der Waals surface area contributed by atoms with E-state index in [0.29, 0.717) is 0 Å². The van der Waals surface area contributed by atoms with Gasteiger partial charge in [0.25, 0.3) is 0 Å². The minimum absolute atomic E-state index is 0.277. The molecular formula is C15H23N5S. The average Bonchev–Trinajstić information content (AvgIpc) is 3.16. The molecular weight excluding hydrogens is 282 g/mol. The van der Waals surface area contributed by atoms with E-state index >= 15 is 0 Å². The number of anilines is 1. The molecule has 2 aromatic heterocycles. The van der Waals surface area contributed by atoms with Crippen molar-refractivity contribution >= 4 is 17.3 Å². The zero-order chi connectivity index (χ0) is 14.9. The first-order chi connectivity index (χ1) is 10.1. The fourth-order valence-electron chi connectivity index (χ4n) is 2.65. The Hall–Kier alpha value is -1.40. The lowest BCUT2D eigenvalue weighted by Crippen LogP contribution is -2.42. The maximum atomic E-state index is 5.86. The summed E-state index contributed by atoms with van der Waals surface area (Å²) in [7, 11) is 0. The molecule has 0 spiro atoms. The van der Waals surface area contributed by atoms with Crippen molar-refractivity contribution in [2.45, 2.75) is 33.1 Å². The van der Waals surface area contributed by atoms with Crippen molar-refractivity contribution in [3.05, 3.63) is 17.0 Å². The molecule has 0 bridgehead atoms. The summed E-state index contributed by atoms with van der Waals surface area (Å²) in [6, 6.07) is 4.28. The third-order valence-corrected chi connectivity index (χ3v) is 5.70. The molecule has 0 aliphatic carbocycles. The Morgan fingerprint density at radius 3 is 2.76 bits per heavy atom. The van der Waals surface area contributed by atoms with Crippen molar-refractivity contribution in [2.24, 2.45) is 11.1 Å². The lowest BCUT2D eigenvalue weighted by atomic mass is 9.81. The van der Waals surface area contributed by atoms with Crippen molar-refractivity contribution in [1.29, 1.82) is 0 Å². The molecule has 3 N–H and O–H groups in total. The summed E-state index contributed by atoms with van der Waals surface area (Å²) in [5, 5.41) is 7.46. The van der Waals surface area contributed by atoms with Crippen LogP contribution in [0.2, 0.25) is 0 Å². The van der Waals surface area contributed by atoms with Crippen LogP contribution >= 0.6 is 11.3 Å². The standard InChI is InChI=1S/C15H23N5S/c1-3-11-4-5-12(21-11)13-17-14(19-18-13)20-8-6-15(2,10-16)7-9-20/h4-5H,3,6-10,16H2,1-2H3,(H,17,18,19). The number of thiophene rings is 1. The molecule has 0 radical (unpaired) electrons. The lowest BCUT2D eigenvalue weighted by molar-refractivity contribution is 0.257. The molecule has 1 aliphatic rings. The fourth-order valence-corrected chi connectivity index (χ4v) is 3.54. The van der Waals surface area contributed by atoms with Crippen molar-refractivity contribution in [2.75, 3.05) is 24.5 Å². The van der Waals surface area contributed by atoms with Gasteiger partial charge in [-0.25, -0.2) is 0 Å². The monoisotopic (exact) mass is 305 g/mol. The molecule has 0 aromatic carbocycles. The van der Waals surface area contributed by atoms with Crippen LogP contribution in [0.25, 0.3) is 10.7 Å². The Morgan fingerprint density at radius 2 is 2.14 bits per heavy atom. The van der Waals surface area contributed by atoms with Gasteiger partial charge in [0.1, 0.15) is 0 Å². The van der Waals surface area contributed by atoms with Gasteiger partial charge in [-0.3, -0.25) is 5.10 Å². The number of aromatic amines is 1. The van der Waals surface area contributed by atoms with Gasteiger partial charge in [-0.15, -0.1) is 16.4 Å². The fraction of sp³-hybridized carbons (Fsp3) is 0.600. The number of rotatable bonds is 4. The van der Waals surface area contributed by atoms with E-state index in [-0.39, 0.29) is 5.41 Å². The first-order valence-corrected chi connectivity index (χ1v) is 8.42. The second-order valence-corrected chi connectivity index (χ2v) is 7.27. The lowest BCUT2D eigenvalue weighted by Gasteiger charge is -2.38. The highest BCUT2D eigenvalue weighted by Crippen LogP contribution is 2.32. The molecule has 0 unspecified atom stereocenters. The van der Waals surface area contributed by atoms with Crippen LogP contribution in [0, 0.1) is 5.41 Å². The zero-order valence-electron chi connectivity index (χ0n) is 12.7. The molecule has 21 heavy (non-hydrogen) atoms. The van der Waals surface area contributed by atoms with Crippen LogP contribution in [0.4, 0.5) is 5.95 Å². The highest BCUT2D eigenvalue weighted by Gasteiger charge is 2.30. The smallest absolute Gasteiger partial charge is 0.245 e. The Morgan fingerprint density at radius 1 is 1.38 bits per heavy atom. The highest BCUT2D eigenvalue weighted by molar-refractivity contribution is 7.15. The van der Waals surface area contributed by atoms with E-state index in [2.05, 4.69) is 46.1 Å². The molecule has 6 heteroatoms. The van der Waals surface area contributed by atoms with Crippen LogP contribution in [0.15, 0.2) is 12.1 Å². The molecule has 5 nitrogen and oxygen atoms in total. The Bertz CT molecular complexity index is 595. The number of aromatic nitrogens is 3. The molecule has 3 rings (SSSR count). The summed E-state index contributed by atoms with van der Waals surface area (Å²) in [5.74, 6) is 1.69. The van der Waals surface area contributed by atoms with Gasteiger partial charge in [0, 0.05) is 18.0 Å². The SMILES string of the molecule is CCc1ccc(-c2nc(N3CCC(C)(CN)CC3)n[nH]2)s1. The summed E-state index contributed by atoms with van der Waals surface area (Å²) in [6.45, 7) is 7.16. The Kier molecular flexibility index (Phi) is 3.99. The van der Waals surface area contributed by atoms with E-state index in [1.54, 1.807) is 11.3 Å². The molecule has 1 aliphatic heterocycles. The van der Waals surface area contributed by atoms with E-state index in [1.165, 1.54) is 4.88 Å². The van der Waals surface area contributed by atoms with Crippen LogP contribution in [-0.2, 0) is 6.42 Å². The van der Waals surface area contributed by atoms with Gasteiger partial charge in [-0.1, -0.05) is 13.8 Å². The number of hydrogen-bond donors (Lipinski definition) is 2. The van der Waals surface area contributed by atoms with E-state index in [0.717, 1.165) is 55.5 Å². The number of piperidine rings is 1.